The second-order valence-electron chi connectivity index (χ2n) is 5.25. The largest absolute Gasteiger partial charge is 0.378 e. The van der Waals surface area contributed by atoms with Gasteiger partial charge >= 0.3 is 0 Å². The molecule has 0 spiro atoms. The Morgan fingerprint density at radius 1 is 1.48 bits per heavy atom. The minimum Gasteiger partial charge on any atom is -0.378 e. The number of alkyl halides is 1. The molecular weight excluding hydrogens is 399 g/mol. The summed E-state index contributed by atoms with van der Waals surface area (Å²) in [5, 5.41) is 13.7. The molecule has 0 bridgehead atoms. The highest BCUT2D eigenvalue weighted by Gasteiger charge is 2.19. The standard InChI is InChI=1S/C15H16BrFN4S2/c1-8(17)10(18)5-12-13(16)14-15(23-12)11(7-20-21-14)19-6-9-3-2-4-22-9/h2-4,7-8,10H,5-6,18H2,1H3,(H,19,21)/t8-,10+/m0/s1. The van der Waals surface area contributed by atoms with Crippen molar-refractivity contribution in [1.82, 2.24) is 10.2 Å². The fraction of sp³-hybridized carbons (Fsp3) is 0.333. The molecule has 3 heterocycles. The van der Waals surface area contributed by atoms with Crippen LogP contribution in [0.1, 0.15) is 16.7 Å². The van der Waals surface area contributed by atoms with Gasteiger partial charge in [0.2, 0.25) is 0 Å². The lowest BCUT2D eigenvalue weighted by Gasteiger charge is -2.11. The van der Waals surface area contributed by atoms with E-state index in [2.05, 4.69) is 42.9 Å². The van der Waals surface area contributed by atoms with Crippen LogP contribution in [0.4, 0.5) is 10.1 Å². The molecule has 0 amide bonds. The number of halogens is 2. The first-order valence-electron chi connectivity index (χ1n) is 7.14. The van der Waals surface area contributed by atoms with E-state index >= 15 is 0 Å². The molecule has 23 heavy (non-hydrogen) atoms. The van der Waals surface area contributed by atoms with Gasteiger partial charge in [0.1, 0.15) is 11.7 Å². The van der Waals surface area contributed by atoms with E-state index in [1.165, 1.54) is 11.8 Å². The van der Waals surface area contributed by atoms with Crippen LogP contribution in [0.25, 0.3) is 10.2 Å². The third kappa shape index (κ3) is 3.71. The number of rotatable bonds is 6. The Bertz CT molecular complexity index is 788. The quantitative estimate of drug-likeness (QED) is 0.628. The lowest BCUT2D eigenvalue weighted by Crippen LogP contribution is -2.31. The van der Waals surface area contributed by atoms with Crippen LogP contribution in [0, 0.1) is 0 Å². The molecule has 0 aliphatic heterocycles. The maximum Gasteiger partial charge on any atom is 0.120 e. The van der Waals surface area contributed by atoms with Gasteiger partial charge in [0, 0.05) is 28.8 Å². The summed E-state index contributed by atoms with van der Waals surface area (Å²) in [6, 6.07) is 3.59. The lowest BCUT2D eigenvalue weighted by atomic mass is 10.1. The summed E-state index contributed by atoms with van der Waals surface area (Å²) in [7, 11) is 0. The highest BCUT2D eigenvalue weighted by Crippen LogP contribution is 2.38. The van der Waals surface area contributed by atoms with Gasteiger partial charge in [0.25, 0.3) is 0 Å². The number of hydrogen-bond donors (Lipinski definition) is 2. The molecule has 8 heteroatoms. The zero-order valence-corrected chi connectivity index (χ0v) is 15.6. The van der Waals surface area contributed by atoms with Gasteiger partial charge in [-0.3, -0.25) is 0 Å². The summed E-state index contributed by atoms with van der Waals surface area (Å²) in [5.74, 6) is 0. The number of thiophene rings is 2. The summed E-state index contributed by atoms with van der Waals surface area (Å²) in [4.78, 5) is 2.25. The van der Waals surface area contributed by atoms with Crippen LogP contribution in [0.5, 0.6) is 0 Å². The van der Waals surface area contributed by atoms with E-state index in [4.69, 9.17) is 5.73 Å². The molecule has 3 N–H and O–H groups in total. The molecule has 0 saturated heterocycles. The van der Waals surface area contributed by atoms with Crippen molar-refractivity contribution < 1.29 is 4.39 Å². The normalized spacial score (nSPS) is 14.1. The van der Waals surface area contributed by atoms with Gasteiger partial charge in [-0.05, 0) is 34.3 Å². The van der Waals surface area contributed by atoms with E-state index in [0.717, 1.165) is 31.8 Å². The molecule has 0 aliphatic rings. The van der Waals surface area contributed by atoms with E-state index < -0.39 is 12.2 Å². The zero-order chi connectivity index (χ0) is 16.4. The Balaban J connectivity index is 1.88. The van der Waals surface area contributed by atoms with Crippen molar-refractivity contribution in [3.8, 4) is 0 Å². The molecule has 0 saturated carbocycles. The van der Waals surface area contributed by atoms with Crippen molar-refractivity contribution >= 4 is 54.5 Å². The molecule has 0 aliphatic carbocycles. The first-order valence-corrected chi connectivity index (χ1v) is 9.63. The van der Waals surface area contributed by atoms with Crippen molar-refractivity contribution in [2.75, 3.05) is 5.32 Å². The average molecular weight is 415 g/mol. The second-order valence-corrected chi connectivity index (χ2v) is 8.18. The molecule has 122 valence electrons. The minimum absolute atomic E-state index is 0.476. The number of nitrogens with two attached hydrogens (primary N) is 1. The van der Waals surface area contributed by atoms with Crippen molar-refractivity contribution in [1.29, 1.82) is 0 Å². The molecule has 3 aromatic rings. The van der Waals surface area contributed by atoms with Crippen LogP contribution < -0.4 is 11.1 Å². The van der Waals surface area contributed by atoms with Gasteiger partial charge in [-0.25, -0.2) is 4.39 Å². The van der Waals surface area contributed by atoms with Crippen molar-refractivity contribution in [3.05, 3.63) is 37.9 Å². The second kappa shape index (κ2) is 7.21. The molecule has 0 aromatic carbocycles. The Hall–Kier alpha value is -1.09. The molecular formula is C15H16BrFN4S2. The van der Waals surface area contributed by atoms with Crippen LogP contribution in [-0.4, -0.2) is 22.4 Å². The number of anilines is 1. The summed E-state index contributed by atoms with van der Waals surface area (Å²) in [6.45, 7) is 2.23. The lowest BCUT2D eigenvalue weighted by molar-refractivity contribution is 0.305. The predicted molar refractivity (Wildman–Crippen MR) is 99.0 cm³/mol. The summed E-state index contributed by atoms with van der Waals surface area (Å²) >= 11 is 6.84. The van der Waals surface area contributed by atoms with Gasteiger partial charge in [-0.15, -0.1) is 27.8 Å². The monoisotopic (exact) mass is 414 g/mol. The maximum atomic E-state index is 13.4. The molecule has 2 atom stereocenters. The summed E-state index contributed by atoms with van der Waals surface area (Å²) in [6.07, 6.45) is 1.15. The third-order valence-corrected chi connectivity index (χ3v) is 6.75. The van der Waals surface area contributed by atoms with Crippen molar-refractivity contribution in [2.45, 2.75) is 32.1 Å². The molecule has 0 unspecified atom stereocenters. The van der Waals surface area contributed by atoms with Crippen molar-refractivity contribution in [3.63, 3.8) is 0 Å². The van der Waals surface area contributed by atoms with Crippen LogP contribution in [0.15, 0.2) is 28.2 Å². The molecule has 4 nitrogen and oxygen atoms in total. The average Bonchev–Trinajstić information content (AvgIpc) is 3.15. The number of fused-ring (bicyclic) bond motifs is 1. The fourth-order valence-electron chi connectivity index (χ4n) is 2.15. The van der Waals surface area contributed by atoms with E-state index in [1.807, 2.05) is 6.07 Å². The molecule has 0 fully saturated rings. The molecule has 3 rings (SSSR count). The SMILES string of the molecule is C[C@H](F)[C@H](N)Cc1sc2c(NCc3cccs3)cnnc2c1Br. The Morgan fingerprint density at radius 3 is 3.00 bits per heavy atom. The van der Waals surface area contributed by atoms with Gasteiger partial charge < -0.3 is 11.1 Å². The van der Waals surface area contributed by atoms with Gasteiger partial charge in [-0.2, -0.15) is 5.10 Å². The minimum atomic E-state index is -1.05. The van der Waals surface area contributed by atoms with E-state index in [1.54, 1.807) is 28.9 Å². The molecule has 0 radical (unpaired) electrons. The van der Waals surface area contributed by atoms with Crippen molar-refractivity contribution in [2.24, 2.45) is 5.73 Å². The highest BCUT2D eigenvalue weighted by molar-refractivity contribution is 9.10. The smallest absolute Gasteiger partial charge is 0.120 e. The first kappa shape index (κ1) is 16.8. The van der Waals surface area contributed by atoms with E-state index in [-0.39, 0.29) is 0 Å². The van der Waals surface area contributed by atoms with Gasteiger partial charge in [0.05, 0.1) is 21.1 Å². The first-order chi connectivity index (χ1) is 11.1. The van der Waals surface area contributed by atoms with Crippen LogP contribution in [-0.2, 0) is 13.0 Å². The molecule has 3 aromatic heterocycles. The predicted octanol–water partition coefficient (Wildman–Crippen LogP) is 4.36. The summed E-state index contributed by atoms with van der Waals surface area (Å²) < 4.78 is 15.2. The number of nitrogens with zero attached hydrogens (tertiary/aromatic N) is 2. The summed E-state index contributed by atoms with van der Waals surface area (Å²) in [5.41, 5.74) is 7.58. The highest BCUT2D eigenvalue weighted by atomic mass is 79.9. The van der Waals surface area contributed by atoms with E-state index in [9.17, 15) is 4.39 Å². The van der Waals surface area contributed by atoms with Gasteiger partial charge in [0.15, 0.2) is 0 Å². The third-order valence-electron chi connectivity index (χ3n) is 3.53. The zero-order valence-electron chi connectivity index (χ0n) is 12.4. The van der Waals surface area contributed by atoms with Crippen LogP contribution in [0.3, 0.4) is 0 Å². The van der Waals surface area contributed by atoms with Gasteiger partial charge in [-0.1, -0.05) is 6.07 Å². The number of nitrogens with one attached hydrogen (secondary N) is 1. The number of aromatic nitrogens is 2. The van der Waals surface area contributed by atoms with E-state index in [0.29, 0.717) is 6.42 Å². The number of hydrogen-bond acceptors (Lipinski definition) is 6. The topological polar surface area (TPSA) is 63.8 Å². The Labute approximate surface area is 150 Å². The van der Waals surface area contributed by atoms with Crippen LogP contribution in [0.2, 0.25) is 0 Å². The van der Waals surface area contributed by atoms with Crippen LogP contribution >= 0.6 is 38.6 Å². The Morgan fingerprint density at radius 2 is 2.30 bits per heavy atom. The fourth-order valence-corrected chi connectivity index (χ4v) is 4.79. The Kier molecular flexibility index (Phi) is 5.25. The maximum absolute atomic E-state index is 13.4.